The average Bonchev–Trinajstić information content (AvgIpc) is 2.80. The molecule has 0 saturated heterocycles. The monoisotopic (exact) mass is 305 g/mol. The molecule has 2 aromatic heterocycles. The lowest BCUT2D eigenvalue weighted by Gasteiger charge is -2.24. The number of hydrogen-bond acceptors (Lipinski definition) is 4. The zero-order valence-electron chi connectivity index (χ0n) is 11.9. The molecule has 0 aliphatic carbocycles. The molecule has 2 aromatic rings. The Bertz CT molecular complexity index is 697. The predicted octanol–water partition coefficient (Wildman–Crippen LogP) is 1.69. The van der Waals surface area contributed by atoms with E-state index in [4.69, 9.17) is 11.6 Å². The minimum Gasteiger partial charge on any atom is -0.346 e. The summed E-state index contributed by atoms with van der Waals surface area (Å²) in [6, 6.07) is 0.0601. The van der Waals surface area contributed by atoms with Gasteiger partial charge in [0, 0.05) is 25.2 Å². The van der Waals surface area contributed by atoms with Gasteiger partial charge in [0.25, 0.3) is 5.91 Å². The van der Waals surface area contributed by atoms with Gasteiger partial charge in [0.1, 0.15) is 17.3 Å². The standard InChI is InChI=1S/C14H16ClN5O/c1-8-6-20-7-10(3-4-12(20)17-8)19-14(21)13-11(15)5-16-9(2)18-13/h5-6,10H,3-4,7H2,1-2H3,(H,19,21). The molecule has 0 saturated carbocycles. The van der Waals surface area contributed by atoms with Crippen molar-refractivity contribution in [3.05, 3.63) is 40.5 Å². The van der Waals surface area contributed by atoms with Gasteiger partial charge in [-0.2, -0.15) is 0 Å². The molecule has 1 unspecified atom stereocenters. The average molecular weight is 306 g/mol. The van der Waals surface area contributed by atoms with Gasteiger partial charge in [0.15, 0.2) is 0 Å². The molecule has 110 valence electrons. The molecular weight excluding hydrogens is 290 g/mol. The molecule has 0 radical (unpaired) electrons. The van der Waals surface area contributed by atoms with E-state index in [0.717, 1.165) is 30.9 Å². The fourth-order valence-electron chi connectivity index (χ4n) is 2.57. The van der Waals surface area contributed by atoms with E-state index in [9.17, 15) is 4.79 Å². The molecule has 1 aliphatic heterocycles. The van der Waals surface area contributed by atoms with Crippen molar-refractivity contribution >= 4 is 17.5 Å². The Morgan fingerprint density at radius 1 is 1.43 bits per heavy atom. The van der Waals surface area contributed by atoms with E-state index in [1.165, 1.54) is 6.20 Å². The summed E-state index contributed by atoms with van der Waals surface area (Å²) in [6.45, 7) is 4.43. The van der Waals surface area contributed by atoms with Gasteiger partial charge in [0.2, 0.25) is 0 Å². The van der Waals surface area contributed by atoms with Crippen LogP contribution in [-0.4, -0.2) is 31.5 Å². The second-order valence-electron chi connectivity index (χ2n) is 5.27. The molecule has 1 atom stereocenters. The number of rotatable bonds is 2. The second kappa shape index (κ2) is 5.44. The molecule has 3 rings (SSSR count). The van der Waals surface area contributed by atoms with E-state index < -0.39 is 0 Å². The zero-order chi connectivity index (χ0) is 15.0. The first kappa shape index (κ1) is 14.0. The predicted molar refractivity (Wildman–Crippen MR) is 78.3 cm³/mol. The molecule has 0 aromatic carbocycles. The van der Waals surface area contributed by atoms with E-state index in [2.05, 4.69) is 24.8 Å². The van der Waals surface area contributed by atoms with Gasteiger partial charge in [-0.05, 0) is 20.3 Å². The topological polar surface area (TPSA) is 72.7 Å². The molecule has 1 N–H and O–H groups in total. The molecule has 7 heteroatoms. The minimum atomic E-state index is -0.254. The van der Waals surface area contributed by atoms with Crippen LogP contribution < -0.4 is 5.32 Å². The van der Waals surface area contributed by atoms with E-state index in [0.29, 0.717) is 5.82 Å². The van der Waals surface area contributed by atoms with Crippen molar-refractivity contribution in [2.45, 2.75) is 39.3 Å². The number of halogens is 1. The third-order valence-corrected chi connectivity index (χ3v) is 3.80. The van der Waals surface area contributed by atoms with Crippen molar-refractivity contribution in [2.75, 3.05) is 0 Å². The van der Waals surface area contributed by atoms with Crippen LogP contribution in [-0.2, 0) is 13.0 Å². The summed E-state index contributed by atoms with van der Waals surface area (Å²) in [7, 11) is 0. The van der Waals surface area contributed by atoms with Crippen molar-refractivity contribution in [3.8, 4) is 0 Å². The van der Waals surface area contributed by atoms with Gasteiger partial charge in [-0.25, -0.2) is 15.0 Å². The van der Waals surface area contributed by atoms with E-state index in [1.54, 1.807) is 6.92 Å². The Kier molecular flexibility index (Phi) is 3.63. The third-order valence-electron chi connectivity index (χ3n) is 3.53. The summed E-state index contributed by atoms with van der Waals surface area (Å²) in [5.41, 5.74) is 1.24. The highest BCUT2D eigenvalue weighted by Gasteiger charge is 2.23. The number of aryl methyl sites for hydroxylation is 3. The molecular formula is C14H16ClN5O. The first-order chi connectivity index (χ1) is 10.0. The van der Waals surface area contributed by atoms with Crippen LogP contribution in [0.2, 0.25) is 5.02 Å². The lowest BCUT2D eigenvalue weighted by Crippen LogP contribution is -2.41. The van der Waals surface area contributed by atoms with Crippen LogP contribution in [0, 0.1) is 13.8 Å². The molecule has 21 heavy (non-hydrogen) atoms. The van der Waals surface area contributed by atoms with E-state index in [1.807, 2.05) is 13.1 Å². The van der Waals surface area contributed by atoms with Gasteiger partial charge in [-0.15, -0.1) is 0 Å². The van der Waals surface area contributed by atoms with Gasteiger partial charge >= 0.3 is 0 Å². The Morgan fingerprint density at radius 3 is 3.05 bits per heavy atom. The van der Waals surface area contributed by atoms with Crippen LogP contribution in [0.3, 0.4) is 0 Å². The van der Waals surface area contributed by atoms with Crippen LogP contribution >= 0.6 is 11.6 Å². The first-order valence-corrected chi connectivity index (χ1v) is 7.23. The number of carbonyl (C=O) groups excluding carboxylic acids is 1. The quantitative estimate of drug-likeness (QED) is 0.916. The van der Waals surface area contributed by atoms with Gasteiger partial charge in [-0.1, -0.05) is 11.6 Å². The molecule has 6 nitrogen and oxygen atoms in total. The summed E-state index contributed by atoms with van der Waals surface area (Å²) in [4.78, 5) is 24.8. The Balaban J connectivity index is 1.73. The zero-order valence-corrected chi connectivity index (χ0v) is 12.7. The Morgan fingerprint density at radius 2 is 2.24 bits per heavy atom. The van der Waals surface area contributed by atoms with E-state index in [-0.39, 0.29) is 22.7 Å². The smallest absolute Gasteiger partial charge is 0.271 e. The Labute approximate surface area is 127 Å². The highest BCUT2D eigenvalue weighted by molar-refractivity contribution is 6.33. The van der Waals surface area contributed by atoms with Crippen LogP contribution in [0.15, 0.2) is 12.4 Å². The molecule has 3 heterocycles. The number of amides is 1. The lowest BCUT2D eigenvalue weighted by atomic mass is 10.1. The van der Waals surface area contributed by atoms with Crippen LogP contribution in [0.1, 0.15) is 34.3 Å². The molecule has 0 spiro atoms. The highest BCUT2D eigenvalue weighted by Crippen LogP contribution is 2.17. The summed E-state index contributed by atoms with van der Waals surface area (Å²) >= 11 is 5.99. The van der Waals surface area contributed by atoms with Crippen molar-refractivity contribution in [2.24, 2.45) is 0 Å². The fourth-order valence-corrected chi connectivity index (χ4v) is 2.75. The highest BCUT2D eigenvalue weighted by atomic mass is 35.5. The largest absolute Gasteiger partial charge is 0.346 e. The number of nitrogens with zero attached hydrogens (tertiary/aromatic N) is 4. The summed E-state index contributed by atoms with van der Waals surface area (Å²) in [6.07, 6.45) is 5.19. The minimum absolute atomic E-state index is 0.0601. The number of nitrogens with one attached hydrogen (secondary N) is 1. The van der Waals surface area contributed by atoms with Crippen molar-refractivity contribution in [3.63, 3.8) is 0 Å². The molecule has 1 amide bonds. The summed E-state index contributed by atoms with van der Waals surface area (Å²) in [5.74, 6) is 1.35. The fraction of sp³-hybridized carbons (Fsp3) is 0.429. The van der Waals surface area contributed by atoms with Crippen molar-refractivity contribution in [1.29, 1.82) is 0 Å². The number of hydrogen-bond donors (Lipinski definition) is 1. The maximum absolute atomic E-state index is 12.3. The van der Waals surface area contributed by atoms with Crippen LogP contribution in [0.25, 0.3) is 0 Å². The van der Waals surface area contributed by atoms with Gasteiger partial charge < -0.3 is 9.88 Å². The third kappa shape index (κ3) is 2.90. The number of aromatic nitrogens is 4. The van der Waals surface area contributed by atoms with Gasteiger partial charge in [0.05, 0.1) is 16.9 Å². The normalized spacial score (nSPS) is 17.4. The number of imidazole rings is 1. The molecule has 0 bridgehead atoms. The van der Waals surface area contributed by atoms with Gasteiger partial charge in [-0.3, -0.25) is 4.79 Å². The maximum Gasteiger partial charge on any atom is 0.271 e. The number of carbonyl (C=O) groups is 1. The maximum atomic E-state index is 12.3. The summed E-state index contributed by atoms with van der Waals surface area (Å²) < 4.78 is 2.09. The van der Waals surface area contributed by atoms with Crippen molar-refractivity contribution < 1.29 is 4.79 Å². The Hall–Kier alpha value is -1.95. The van der Waals surface area contributed by atoms with Crippen LogP contribution in [0.4, 0.5) is 0 Å². The first-order valence-electron chi connectivity index (χ1n) is 6.85. The second-order valence-corrected chi connectivity index (χ2v) is 5.68. The molecule has 1 aliphatic rings. The lowest BCUT2D eigenvalue weighted by molar-refractivity contribution is 0.0922. The van der Waals surface area contributed by atoms with Crippen molar-refractivity contribution in [1.82, 2.24) is 24.8 Å². The number of fused-ring (bicyclic) bond motifs is 1. The SMILES string of the molecule is Cc1cn2c(n1)CCC(NC(=O)c1nc(C)ncc1Cl)C2. The molecule has 0 fully saturated rings. The van der Waals surface area contributed by atoms with Crippen LogP contribution in [0.5, 0.6) is 0 Å². The summed E-state index contributed by atoms with van der Waals surface area (Å²) in [5, 5.41) is 3.26. The van der Waals surface area contributed by atoms with E-state index >= 15 is 0 Å².